The first-order valence-corrected chi connectivity index (χ1v) is 16.8. The van der Waals surface area contributed by atoms with Gasteiger partial charge in [-0.25, -0.2) is 0 Å². The molecule has 6 unspecified atom stereocenters. The van der Waals surface area contributed by atoms with Gasteiger partial charge in [-0.15, -0.1) is 11.6 Å². The Bertz CT molecular complexity index is 1340. The van der Waals surface area contributed by atoms with Crippen molar-refractivity contribution in [3.05, 3.63) is 71.8 Å². The van der Waals surface area contributed by atoms with Crippen LogP contribution in [-0.4, -0.2) is 77.8 Å². The summed E-state index contributed by atoms with van der Waals surface area (Å²) in [5, 5.41) is 0. The lowest BCUT2D eigenvalue weighted by atomic mass is 9.48. The second kappa shape index (κ2) is 12.5. The number of amides is 4. The van der Waals surface area contributed by atoms with E-state index in [1.54, 1.807) is 0 Å². The standard InChI is InChI=1S/C34H34N2O6.C2H5Cl/c37-31-27-25-23(19-9-3-1-4-10-19)24(20-11-5-2-6-12-20)26(29(27)33(39)35(31)17-21-13-7-15-41-21)30-28(25)32(38)36(34(30)40)18-22-14-8-16-42-22;1-2-3/h1-6,9-12,21-22,25-30H,7-8,13-18H2;2H2,1H3. The molecule has 9 heteroatoms. The van der Waals surface area contributed by atoms with Crippen LogP contribution in [0.2, 0.25) is 0 Å². The minimum absolute atomic E-state index is 0.171. The van der Waals surface area contributed by atoms with Crippen LogP contribution in [0.25, 0.3) is 11.1 Å². The highest BCUT2D eigenvalue weighted by molar-refractivity contribution is 6.17. The molecule has 2 bridgehead atoms. The summed E-state index contributed by atoms with van der Waals surface area (Å²) in [4.78, 5) is 59.9. The number of allylic oxidation sites excluding steroid dienone is 2. The number of ether oxygens (including phenoxy) is 2. The first-order chi connectivity index (χ1) is 22.0. The summed E-state index contributed by atoms with van der Waals surface area (Å²) in [6, 6.07) is 19.8. The summed E-state index contributed by atoms with van der Waals surface area (Å²) in [5.41, 5.74) is 3.71. The Morgan fingerprint density at radius 2 is 0.933 bits per heavy atom. The molecule has 0 radical (unpaired) electrons. The second-order valence-corrected chi connectivity index (χ2v) is 13.4. The van der Waals surface area contributed by atoms with Crippen molar-refractivity contribution in [2.24, 2.45) is 35.5 Å². The lowest BCUT2D eigenvalue weighted by molar-refractivity contribution is -0.142. The summed E-state index contributed by atoms with van der Waals surface area (Å²) >= 11 is 5.00. The number of nitrogens with zero attached hydrogens (tertiary/aromatic N) is 2. The van der Waals surface area contributed by atoms with E-state index in [9.17, 15) is 19.2 Å². The molecule has 0 aromatic heterocycles. The number of hydrogen-bond acceptors (Lipinski definition) is 6. The summed E-state index contributed by atoms with van der Waals surface area (Å²) in [7, 11) is 0. The molecule has 4 heterocycles. The van der Waals surface area contributed by atoms with E-state index < -0.39 is 35.5 Å². The molecule has 45 heavy (non-hydrogen) atoms. The summed E-state index contributed by atoms with van der Waals surface area (Å²) < 4.78 is 11.6. The maximum Gasteiger partial charge on any atom is 0.233 e. The van der Waals surface area contributed by atoms with E-state index in [0.29, 0.717) is 13.2 Å². The fourth-order valence-electron chi connectivity index (χ4n) is 8.86. The number of alkyl halides is 1. The van der Waals surface area contributed by atoms with Gasteiger partial charge in [0.2, 0.25) is 23.6 Å². The van der Waals surface area contributed by atoms with E-state index in [1.807, 2.05) is 67.6 Å². The van der Waals surface area contributed by atoms with Crippen LogP contribution in [0.3, 0.4) is 0 Å². The van der Waals surface area contributed by atoms with E-state index in [2.05, 4.69) is 0 Å². The molecule has 8 nitrogen and oxygen atoms in total. The zero-order valence-electron chi connectivity index (χ0n) is 25.5. The third-order valence-corrected chi connectivity index (χ3v) is 10.5. The smallest absolute Gasteiger partial charge is 0.233 e. The van der Waals surface area contributed by atoms with Gasteiger partial charge in [0.05, 0.1) is 49.0 Å². The van der Waals surface area contributed by atoms with E-state index in [-0.39, 0.29) is 48.9 Å². The molecule has 2 aromatic carbocycles. The Hall–Kier alpha value is -3.33. The molecular weight excluding hydrogens is 592 g/mol. The summed E-state index contributed by atoms with van der Waals surface area (Å²) in [6.07, 6.45) is 3.09. The predicted molar refractivity (Wildman–Crippen MR) is 168 cm³/mol. The molecule has 0 spiro atoms. The molecule has 3 aliphatic carbocycles. The fourth-order valence-corrected chi connectivity index (χ4v) is 8.86. The molecule has 4 saturated heterocycles. The number of imide groups is 2. The summed E-state index contributed by atoms with van der Waals surface area (Å²) in [5.74, 6) is -4.11. The van der Waals surface area contributed by atoms with Crippen molar-refractivity contribution in [2.75, 3.05) is 32.2 Å². The molecule has 236 valence electrons. The number of rotatable bonds is 6. The highest BCUT2D eigenvalue weighted by Gasteiger charge is 2.72. The van der Waals surface area contributed by atoms with Gasteiger partial charge in [0, 0.05) is 30.9 Å². The highest BCUT2D eigenvalue weighted by Crippen LogP contribution is 2.66. The molecule has 6 atom stereocenters. The van der Waals surface area contributed by atoms with Gasteiger partial charge in [0.25, 0.3) is 0 Å². The number of carbonyl (C=O) groups excluding carboxylic acids is 4. The van der Waals surface area contributed by atoms with Gasteiger partial charge in [-0.2, -0.15) is 0 Å². The normalized spacial score (nSPS) is 33.6. The average molecular weight is 631 g/mol. The van der Waals surface area contributed by atoms with Gasteiger partial charge in [-0.3, -0.25) is 29.0 Å². The number of carbonyl (C=O) groups is 4. The zero-order chi connectivity index (χ0) is 31.2. The SMILES string of the molecule is CCCl.O=C1C2C(C(=O)N1CC1CCCO1)C1C(c3ccccc3)=C(c3ccccc3)C2C2C(=O)N(CC3CCCO3)C(=O)C21. The topological polar surface area (TPSA) is 93.2 Å². The quantitative estimate of drug-likeness (QED) is 0.341. The van der Waals surface area contributed by atoms with Gasteiger partial charge < -0.3 is 9.47 Å². The van der Waals surface area contributed by atoms with Crippen molar-refractivity contribution in [3.63, 3.8) is 0 Å². The molecule has 4 amide bonds. The molecule has 2 aromatic rings. The molecule has 1 saturated carbocycles. The van der Waals surface area contributed by atoms with Crippen LogP contribution in [0.15, 0.2) is 60.7 Å². The van der Waals surface area contributed by atoms with E-state index in [1.165, 1.54) is 9.80 Å². The van der Waals surface area contributed by atoms with E-state index >= 15 is 0 Å². The number of hydrogen-bond donors (Lipinski definition) is 0. The lowest BCUT2D eigenvalue weighted by Gasteiger charge is -2.51. The van der Waals surface area contributed by atoms with Crippen molar-refractivity contribution in [2.45, 2.75) is 44.8 Å². The first kappa shape index (κ1) is 30.3. The monoisotopic (exact) mass is 630 g/mol. The second-order valence-electron chi connectivity index (χ2n) is 12.8. The van der Waals surface area contributed by atoms with Crippen LogP contribution in [0.5, 0.6) is 0 Å². The Kier molecular flexibility index (Phi) is 8.40. The molecular formula is C36H39ClN2O6. The zero-order valence-corrected chi connectivity index (χ0v) is 26.2. The van der Waals surface area contributed by atoms with Crippen LogP contribution < -0.4 is 0 Å². The summed E-state index contributed by atoms with van der Waals surface area (Å²) in [6.45, 7) is 3.61. The Labute approximate surface area is 268 Å². The highest BCUT2D eigenvalue weighted by atomic mass is 35.5. The van der Waals surface area contributed by atoms with E-state index in [0.717, 1.165) is 53.8 Å². The number of benzene rings is 2. The molecule has 9 rings (SSSR count). The predicted octanol–water partition coefficient (Wildman–Crippen LogP) is 4.66. The molecule has 5 fully saturated rings. The van der Waals surface area contributed by atoms with Gasteiger partial charge in [-0.1, -0.05) is 67.6 Å². The van der Waals surface area contributed by atoms with Crippen LogP contribution in [-0.2, 0) is 28.7 Å². The third kappa shape index (κ3) is 4.97. The Morgan fingerprint density at radius 3 is 1.22 bits per heavy atom. The van der Waals surface area contributed by atoms with Crippen LogP contribution in [0, 0.1) is 35.5 Å². The number of likely N-dealkylation sites (tertiary alicyclic amines) is 2. The lowest BCUT2D eigenvalue weighted by Crippen LogP contribution is -2.53. The van der Waals surface area contributed by atoms with Crippen molar-refractivity contribution >= 4 is 46.4 Å². The van der Waals surface area contributed by atoms with Gasteiger partial charge >= 0.3 is 0 Å². The molecule has 7 aliphatic rings. The minimum Gasteiger partial charge on any atom is -0.376 e. The van der Waals surface area contributed by atoms with Crippen LogP contribution in [0.1, 0.15) is 43.7 Å². The largest absolute Gasteiger partial charge is 0.376 e. The average Bonchev–Trinajstić information content (AvgIpc) is 3.87. The van der Waals surface area contributed by atoms with Crippen molar-refractivity contribution in [1.29, 1.82) is 0 Å². The molecule has 0 N–H and O–H groups in total. The van der Waals surface area contributed by atoms with Gasteiger partial charge in [-0.05, 0) is 48.0 Å². The van der Waals surface area contributed by atoms with E-state index in [4.69, 9.17) is 21.1 Å². The van der Waals surface area contributed by atoms with Crippen molar-refractivity contribution in [1.82, 2.24) is 9.80 Å². The van der Waals surface area contributed by atoms with Gasteiger partial charge in [0.15, 0.2) is 0 Å². The van der Waals surface area contributed by atoms with Gasteiger partial charge in [0.1, 0.15) is 0 Å². The maximum atomic E-state index is 14.3. The fraction of sp³-hybridized carbons (Fsp3) is 0.500. The maximum absolute atomic E-state index is 14.3. The molecule has 4 aliphatic heterocycles. The minimum atomic E-state index is -0.688. The third-order valence-electron chi connectivity index (χ3n) is 10.5. The Morgan fingerprint density at radius 1 is 0.600 bits per heavy atom. The van der Waals surface area contributed by atoms with Crippen LogP contribution >= 0.6 is 11.6 Å². The van der Waals surface area contributed by atoms with Crippen molar-refractivity contribution < 1.29 is 28.7 Å². The Balaban J connectivity index is 0.00000104. The number of halogens is 1. The first-order valence-electron chi connectivity index (χ1n) is 16.3. The van der Waals surface area contributed by atoms with Crippen LogP contribution in [0.4, 0.5) is 0 Å². The van der Waals surface area contributed by atoms with Crippen molar-refractivity contribution in [3.8, 4) is 0 Å².